The molecular formula is C12H12ClN3O2. The van der Waals surface area contributed by atoms with Gasteiger partial charge < -0.3 is 10.1 Å². The van der Waals surface area contributed by atoms with E-state index in [9.17, 15) is 4.79 Å². The van der Waals surface area contributed by atoms with Gasteiger partial charge in [0, 0.05) is 17.4 Å². The number of halogens is 1. The lowest BCUT2D eigenvalue weighted by Crippen LogP contribution is -2.31. The Morgan fingerprint density at radius 1 is 1.56 bits per heavy atom. The van der Waals surface area contributed by atoms with Crippen LogP contribution in [0.15, 0.2) is 35.5 Å². The molecule has 0 fully saturated rings. The predicted octanol–water partition coefficient (Wildman–Crippen LogP) is 2.74. The zero-order valence-electron chi connectivity index (χ0n) is 9.76. The Morgan fingerprint density at radius 2 is 2.39 bits per heavy atom. The fourth-order valence-corrected chi connectivity index (χ4v) is 1.65. The van der Waals surface area contributed by atoms with Gasteiger partial charge in [0.25, 0.3) is 0 Å². The summed E-state index contributed by atoms with van der Waals surface area (Å²) in [7, 11) is 1.53. The van der Waals surface area contributed by atoms with Gasteiger partial charge in [-0.3, -0.25) is 9.89 Å². The molecule has 2 rings (SSSR count). The van der Waals surface area contributed by atoms with E-state index in [2.05, 4.69) is 10.3 Å². The summed E-state index contributed by atoms with van der Waals surface area (Å²) in [6.07, 6.45) is 4.99. The van der Waals surface area contributed by atoms with E-state index < -0.39 is 0 Å². The summed E-state index contributed by atoms with van der Waals surface area (Å²) in [5, 5.41) is 3.25. The van der Waals surface area contributed by atoms with Crippen molar-refractivity contribution in [2.24, 2.45) is 4.99 Å². The Hall–Kier alpha value is -2.01. The number of hydrogen-bond acceptors (Lipinski definition) is 3. The van der Waals surface area contributed by atoms with Crippen molar-refractivity contribution in [3.05, 3.63) is 35.5 Å². The van der Waals surface area contributed by atoms with Gasteiger partial charge in [0.15, 0.2) is 0 Å². The summed E-state index contributed by atoms with van der Waals surface area (Å²) >= 11 is 5.89. The molecule has 6 heteroatoms. The molecule has 0 atom stereocenters. The van der Waals surface area contributed by atoms with E-state index in [-0.39, 0.29) is 6.03 Å². The topological polar surface area (TPSA) is 53.9 Å². The van der Waals surface area contributed by atoms with Crippen LogP contribution in [0, 0.1) is 0 Å². The lowest BCUT2D eigenvalue weighted by molar-refractivity contribution is 0.229. The van der Waals surface area contributed by atoms with Gasteiger partial charge in [-0.1, -0.05) is 11.6 Å². The molecule has 1 aliphatic heterocycles. The standard InChI is InChI=1S/C12H12ClN3O2/c1-18-11-4-3-9(13)7-10(11)15-12(17)16-6-2-5-14-8-16/h2-7H,8H2,1H3,(H,15,17). The first-order chi connectivity index (χ1) is 8.70. The van der Waals surface area contributed by atoms with E-state index in [1.165, 1.54) is 12.0 Å². The third-order valence-electron chi connectivity index (χ3n) is 2.36. The molecular weight excluding hydrogens is 254 g/mol. The number of nitrogens with one attached hydrogen (secondary N) is 1. The molecule has 1 aromatic rings. The summed E-state index contributed by atoms with van der Waals surface area (Å²) < 4.78 is 5.15. The maximum absolute atomic E-state index is 11.9. The Labute approximate surface area is 110 Å². The summed E-state index contributed by atoms with van der Waals surface area (Å²) in [6, 6.07) is 4.74. The van der Waals surface area contributed by atoms with Gasteiger partial charge in [0.1, 0.15) is 12.4 Å². The second kappa shape index (κ2) is 5.55. The summed E-state index contributed by atoms with van der Waals surface area (Å²) in [6.45, 7) is 0.297. The quantitative estimate of drug-likeness (QED) is 0.894. The van der Waals surface area contributed by atoms with Crippen LogP contribution in [-0.2, 0) is 0 Å². The van der Waals surface area contributed by atoms with E-state index >= 15 is 0 Å². The van der Waals surface area contributed by atoms with Crippen molar-refractivity contribution in [3.63, 3.8) is 0 Å². The molecule has 5 nitrogen and oxygen atoms in total. The Morgan fingerprint density at radius 3 is 3.06 bits per heavy atom. The minimum atomic E-state index is -0.288. The molecule has 0 spiro atoms. The van der Waals surface area contributed by atoms with Crippen LogP contribution in [0.3, 0.4) is 0 Å². The molecule has 0 aliphatic carbocycles. The number of carbonyl (C=O) groups is 1. The molecule has 1 N–H and O–H groups in total. The first kappa shape index (κ1) is 12.4. The fraction of sp³-hybridized carbons (Fsp3) is 0.167. The van der Waals surface area contributed by atoms with Crippen LogP contribution in [0.2, 0.25) is 5.02 Å². The third-order valence-corrected chi connectivity index (χ3v) is 2.59. The number of carbonyl (C=O) groups excluding carboxylic acids is 1. The van der Waals surface area contributed by atoms with Crippen molar-refractivity contribution in [2.45, 2.75) is 0 Å². The molecule has 1 aromatic carbocycles. The van der Waals surface area contributed by atoms with Crippen molar-refractivity contribution in [2.75, 3.05) is 19.1 Å². The smallest absolute Gasteiger partial charge is 0.327 e. The van der Waals surface area contributed by atoms with Crippen LogP contribution in [0.1, 0.15) is 0 Å². The van der Waals surface area contributed by atoms with Crippen LogP contribution in [0.4, 0.5) is 10.5 Å². The van der Waals surface area contributed by atoms with E-state index in [0.29, 0.717) is 23.1 Å². The molecule has 18 heavy (non-hydrogen) atoms. The molecule has 0 aromatic heterocycles. The van der Waals surface area contributed by atoms with Crippen LogP contribution in [-0.4, -0.2) is 30.9 Å². The SMILES string of the molecule is COc1ccc(Cl)cc1NC(=O)N1C=CC=NC1. The number of urea groups is 1. The maximum Gasteiger partial charge on any atom is 0.327 e. The molecule has 94 valence electrons. The lowest BCUT2D eigenvalue weighted by Gasteiger charge is -2.19. The van der Waals surface area contributed by atoms with E-state index in [1.807, 2.05) is 0 Å². The first-order valence-electron chi connectivity index (χ1n) is 5.28. The summed E-state index contributed by atoms with van der Waals surface area (Å²) in [4.78, 5) is 17.4. The molecule has 1 heterocycles. The van der Waals surface area contributed by atoms with Gasteiger partial charge in [-0.05, 0) is 24.3 Å². The average molecular weight is 266 g/mol. The summed E-state index contributed by atoms with van der Waals surface area (Å²) in [5.74, 6) is 0.553. The van der Waals surface area contributed by atoms with Gasteiger partial charge in [0.05, 0.1) is 12.8 Å². The van der Waals surface area contributed by atoms with Gasteiger partial charge in [-0.25, -0.2) is 4.79 Å². The highest BCUT2D eigenvalue weighted by atomic mass is 35.5. The average Bonchev–Trinajstić information content (AvgIpc) is 2.40. The molecule has 0 saturated carbocycles. The van der Waals surface area contributed by atoms with Gasteiger partial charge >= 0.3 is 6.03 Å². The number of methoxy groups -OCH3 is 1. The number of anilines is 1. The zero-order valence-corrected chi connectivity index (χ0v) is 10.5. The van der Waals surface area contributed by atoms with Crippen molar-refractivity contribution >= 4 is 29.5 Å². The Bertz CT molecular complexity index is 514. The fourth-order valence-electron chi connectivity index (χ4n) is 1.48. The largest absolute Gasteiger partial charge is 0.495 e. The number of aliphatic imine (C=N–C) groups is 1. The lowest BCUT2D eigenvalue weighted by atomic mass is 10.3. The number of ether oxygens (including phenoxy) is 1. The normalized spacial score (nSPS) is 13.6. The first-order valence-corrected chi connectivity index (χ1v) is 5.66. The molecule has 0 unspecified atom stereocenters. The van der Waals surface area contributed by atoms with E-state index in [0.717, 1.165) is 0 Å². The third kappa shape index (κ3) is 2.81. The summed E-state index contributed by atoms with van der Waals surface area (Å²) in [5.41, 5.74) is 0.526. The molecule has 0 bridgehead atoms. The van der Waals surface area contributed by atoms with Crippen LogP contribution >= 0.6 is 11.6 Å². The van der Waals surface area contributed by atoms with Crippen molar-refractivity contribution in [1.82, 2.24) is 4.90 Å². The number of rotatable bonds is 2. The van der Waals surface area contributed by atoms with Crippen LogP contribution < -0.4 is 10.1 Å². The highest BCUT2D eigenvalue weighted by molar-refractivity contribution is 6.31. The van der Waals surface area contributed by atoms with Gasteiger partial charge in [-0.15, -0.1) is 0 Å². The van der Waals surface area contributed by atoms with Gasteiger partial charge in [0.2, 0.25) is 0 Å². The highest BCUT2D eigenvalue weighted by Crippen LogP contribution is 2.27. The molecule has 2 amide bonds. The number of hydrogen-bond donors (Lipinski definition) is 1. The zero-order chi connectivity index (χ0) is 13.0. The predicted molar refractivity (Wildman–Crippen MR) is 71.4 cm³/mol. The maximum atomic E-state index is 11.9. The molecule has 1 aliphatic rings. The van der Waals surface area contributed by atoms with Crippen LogP contribution in [0.25, 0.3) is 0 Å². The van der Waals surface area contributed by atoms with Crippen molar-refractivity contribution < 1.29 is 9.53 Å². The minimum Gasteiger partial charge on any atom is -0.495 e. The molecule has 0 saturated heterocycles. The Balaban J connectivity index is 2.13. The molecule has 0 radical (unpaired) electrons. The van der Waals surface area contributed by atoms with E-state index in [1.54, 1.807) is 36.7 Å². The van der Waals surface area contributed by atoms with Crippen LogP contribution in [0.5, 0.6) is 5.75 Å². The van der Waals surface area contributed by atoms with Crippen molar-refractivity contribution in [3.8, 4) is 5.75 Å². The minimum absolute atomic E-state index is 0.288. The second-order valence-electron chi connectivity index (χ2n) is 3.56. The number of nitrogens with zero attached hydrogens (tertiary/aromatic N) is 2. The number of benzene rings is 1. The Kier molecular flexibility index (Phi) is 3.84. The monoisotopic (exact) mass is 265 g/mol. The number of allylic oxidation sites excluding steroid dienone is 1. The number of amides is 2. The van der Waals surface area contributed by atoms with Crippen molar-refractivity contribution in [1.29, 1.82) is 0 Å². The highest BCUT2D eigenvalue weighted by Gasteiger charge is 2.14. The second-order valence-corrected chi connectivity index (χ2v) is 4.00. The van der Waals surface area contributed by atoms with Gasteiger partial charge in [-0.2, -0.15) is 0 Å². The van der Waals surface area contributed by atoms with E-state index in [4.69, 9.17) is 16.3 Å².